The van der Waals surface area contributed by atoms with Crippen LogP contribution in [0.2, 0.25) is 0 Å². The third-order valence-electron chi connectivity index (χ3n) is 3.92. The molecule has 0 bridgehead atoms. The number of nitrogens with zero attached hydrogens (tertiary/aromatic N) is 1. The predicted octanol–water partition coefficient (Wildman–Crippen LogP) is 4.10. The van der Waals surface area contributed by atoms with E-state index < -0.39 is 0 Å². The van der Waals surface area contributed by atoms with Crippen molar-refractivity contribution in [3.05, 3.63) is 78.4 Å². The van der Waals surface area contributed by atoms with Crippen LogP contribution in [-0.2, 0) is 0 Å². The molecule has 0 aliphatic rings. The third-order valence-corrected chi connectivity index (χ3v) is 5.51. The largest absolute Gasteiger partial charge is 0.507 e. The van der Waals surface area contributed by atoms with E-state index in [1.165, 1.54) is 16.6 Å². The van der Waals surface area contributed by atoms with Gasteiger partial charge in [0.05, 0.1) is 0 Å². The van der Waals surface area contributed by atoms with E-state index in [0.717, 1.165) is 11.0 Å². The second-order valence-corrected chi connectivity index (χ2v) is 6.79. The van der Waals surface area contributed by atoms with E-state index in [9.17, 15) is 5.11 Å². The van der Waals surface area contributed by atoms with Gasteiger partial charge in [-0.05, 0) is 36.8 Å². The minimum Gasteiger partial charge on any atom is -0.507 e. The average molecular weight is 321 g/mol. The van der Waals surface area contributed by atoms with Gasteiger partial charge in [-0.2, -0.15) is 0 Å². The summed E-state index contributed by atoms with van der Waals surface area (Å²) in [6.07, 6.45) is 0. The van der Waals surface area contributed by atoms with Crippen molar-refractivity contribution in [3.63, 3.8) is 0 Å². The van der Waals surface area contributed by atoms with Gasteiger partial charge in [-0.3, -0.25) is 0 Å². The highest BCUT2D eigenvalue weighted by Crippen LogP contribution is 2.29. The van der Waals surface area contributed by atoms with Crippen molar-refractivity contribution in [2.75, 3.05) is 11.9 Å². The van der Waals surface area contributed by atoms with Gasteiger partial charge in [0, 0.05) is 29.0 Å². The first kappa shape index (κ1) is 15.6. The second kappa shape index (κ2) is 6.85. The van der Waals surface area contributed by atoms with E-state index in [1.54, 1.807) is 6.07 Å². The zero-order valence-corrected chi connectivity index (χ0v) is 14.3. The first-order chi connectivity index (χ1) is 11.2. The van der Waals surface area contributed by atoms with Crippen LogP contribution < -0.4 is 15.5 Å². The molecular formula is C20H20NOP. The van der Waals surface area contributed by atoms with Gasteiger partial charge >= 0.3 is 0 Å². The molecule has 0 fully saturated rings. The highest BCUT2D eigenvalue weighted by Gasteiger charge is 2.13. The lowest BCUT2D eigenvalue weighted by Gasteiger charge is -2.24. The Kier molecular flexibility index (Phi) is 4.64. The lowest BCUT2D eigenvalue weighted by Crippen LogP contribution is -2.19. The van der Waals surface area contributed by atoms with Gasteiger partial charge in [-0.1, -0.05) is 57.1 Å². The monoisotopic (exact) mass is 321 g/mol. The molecule has 2 nitrogen and oxygen atoms in total. The third kappa shape index (κ3) is 3.38. The summed E-state index contributed by atoms with van der Waals surface area (Å²) in [6.45, 7) is 2.13. The normalized spacial score (nSPS) is 11.0. The van der Waals surface area contributed by atoms with Crippen molar-refractivity contribution in [1.29, 1.82) is 0 Å². The lowest BCUT2D eigenvalue weighted by molar-refractivity contribution is 0.480. The maximum atomic E-state index is 10.1. The topological polar surface area (TPSA) is 23.5 Å². The van der Waals surface area contributed by atoms with E-state index >= 15 is 0 Å². The van der Waals surface area contributed by atoms with Crippen LogP contribution in [-0.4, -0.2) is 12.2 Å². The molecule has 1 unspecified atom stereocenters. The molecule has 0 radical (unpaired) electrons. The van der Waals surface area contributed by atoms with E-state index in [0.29, 0.717) is 14.3 Å². The summed E-state index contributed by atoms with van der Waals surface area (Å²) in [6, 6.07) is 24.3. The quantitative estimate of drug-likeness (QED) is 0.731. The Hall–Kier alpha value is -2.31. The van der Waals surface area contributed by atoms with Crippen LogP contribution in [0.25, 0.3) is 0 Å². The molecule has 3 aromatic carbocycles. The lowest BCUT2D eigenvalue weighted by atomic mass is 10.2. The number of hydrogen-bond acceptors (Lipinski definition) is 2. The number of phenols is 1. The first-order valence-electron chi connectivity index (χ1n) is 7.60. The van der Waals surface area contributed by atoms with Crippen LogP contribution in [0, 0.1) is 6.92 Å². The molecule has 0 aromatic heterocycles. The molecular weight excluding hydrogens is 301 g/mol. The average Bonchev–Trinajstić information content (AvgIpc) is 2.58. The van der Waals surface area contributed by atoms with Crippen molar-refractivity contribution < 1.29 is 5.11 Å². The molecule has 116 valence electrons. The molecule has 0 saturated carbocycles. The highest BCUT2D eigenvalue weighted by atomic mass is 31.1. The molecule has 0 spiro atoms. The summed E-state index contributed by atoms with van der Waals surface area (Å²) >= 11 is 0. The molecule has 3 heteroatoms. The van der Waals surface area contributed by atoms with Gasteiger partial charge in [0.25, 0.3) is 0 Å². The summed E-state index contributed by atoms with van der Waals surface area (Å²) in [5.41, 5.74) is 3.58. The first-order valence-corrected chi connectivity index (χ1v) is 8.60. The van der Waals surface area contributed by atoms with Crippen molar-refractivity contribution >= 4 is 30.6 Å². The van der Waals surface area contributed by atoms with Crippen LogP contribution in [0.15, 0.2) is 72.8 Å². The summed E-state index contributed by atoms with van der Waals surface area (Å²) in [5.74, 6) is 0.363. The summed E-state index contributed by atoms with van der Waals surface area (Å²) in [7, 11) is 2.51. The molecule has 0 heterocycles. The number of phenolic OH excluding ortho intramolecular Hbond substituents is 1. The Labute approximate surface area is 139 Å². The van der Waals surface area contributed by atoms with Gasteiger partial charge in [0.2, 0.25) is 0 Å². The van der Waals surface area contributed by atoms with Crippen LogP contribution in [0.3, 0.4) is 0 Å². The number of hydrogen-bond donors (Lipinski definition) is 1. The summed E-state index contributed by atoms with van der Waals surface area (Å²) < 4.78 is 0. The summed E-state index contributed by atoms with van der Waals surface area (Å²) in [5, 5.41) is 12.3. The Morgan fingerprint density at radius 1 is 0.826 bits per heavy atom. The van der Waals surface area contributed by atoms with Crippen LogP contribution in [0.4, 0.5) is 11.4 Å². The number of benzene rings is 3. The van der Waals surface area contributed by atoms with E-state index in [-0.39, 0.29) is 0 Å². The fourth-order valence-electron chi connectivity index (χ4n) is 2.60. The van der Waals surface area contributed by atoms with Crippen LogP contribution >= 0.6 is 8.58 Å². The molecule has 1 atom stereocenters. The van der Waals surface area contributed by atoms with Gasteiger partial charge in [-0.25, -0.2) is 0 Å². The van der Waals surface area contributed by atoms with Crippen LogP contribution in [0.5, 0.6) is 5.75 Å². The molecule has 0 aliphatic carbocycles. The van der Waals surface area contributed by atoms with E-state index in [2.05, 4.69) is 49.2 Å². The Bertz CT molecular complexity index is 802. The van der Waals surface area contributed by atoms with Gasteiger partial charge in [0.1, 0.15) is 5.75 Å². The van der Waals surface area contributed by atoms with Gasteiger partial charge in [0.15, 0.2) is 0 Å². The number of aryl methyl sites for hydroxylation is 1. The van der Waals surface area contributed by atoms with E-state index in [1.807, 2.05) is 36.4 Å². The van der Waals surface area contributed by atoms with Crippen molar-refractivity contribution in [1.82, 2.24) is 0 Å². The highest BCUT2D eigenvalue weighted by molar-refractivity contribution is 7.56. The van der Waals surface area contributed by atoms with Crippen molar-refractivity contribution in [2.45, 2.75) is 6.92 Å². The molecule has 0 saturated heterocycles. The van der Waals surface area contributed by atoms with E-state index in [4.69, 9.17) is 0 Å². The minimum absolute atomic E-state index is 0.363. The second-order valence-electron chi connectivity index (χ2n) is 5.51. The van der Waals surface area contributed by atoms with Gasteiger partial charge in [-0.15, -0.1) is 0 Å². The predicted molar refractivity (Wildman–Crippen MR) is 101 cm³/mol. The maximum absolute atomic E-state index is 10.1. The minimum atomic E-state index is 0.363. The SMILES string of the molecule is Cc1cccc(N(C)c2ccccc2)c1Pc1ccccc1O. The molecule has 1 N–H and O–H groups in total. The maximum Gasteiger partial charge on any atom is 0.123 e. The number of anilines is 2. The number of para-hydroxylation sites is 2. The molecule has 3 rings (SSSR count). The van der Waals surface area contributed by atoms with Crippen molar-refractivity contribution in [3.8, 4) is 5.75 Å². The van der Waals surface area contributed by atoms with Crippen LogP contribution in [0.1, 0.15) is 5.56 Å². The standard InChI is InChI=1S/C20H20NOP/c1-15-9-8-12-17(21(2)16-10-4-3-5-11-16)20(15)23-19-14-7-6-13-18(19)22/h3-14,22-23H,1-2H3. The zero-order valence-electron chi connectivity index (χ0n) is 13.3. The molecule has 23 heavy (non-hydrogen) atoms. The van der Waals surface area contributed by atoms with Crippen molar-refractivity contribution in [2.24, 2.45) is 0 Å². The Morgan fingerprint density at radius 2 is 1.52 bits per heavy atom. The summed E-state index contributed by atoms with van der Waals surface area (Å²) in [4.78, 5) is 2.20. The zero-order chi connectivity index (χ0) is 16.2. The fraction of sp³-hybridized carbons (Fsp3) is 0.100. The Morgan fingerprint density at radius 3 is 2.26 bits per heavy atom. The number of aromatic hydroxyl groups is 1. The molecule has 3 aromatic rings. The van der Waals surface area contributed by atoms with Gasteiger partial charge < -0.3 is 10.0 Å². The smallest absolute Gasteiger partial charge is 0.123 e. The number of rotatable bonds is 4. The molecule has 0 aliphatic heterocycles. The molecule has 0 amide bonds. The Balaban J connectivity index is 2.02. The fourth-order valence-corrected chi connectivity index (χ4v) is 3.92.